The Bertz CT molecular complexity index is 521. The van der Waals surface area contributed by atoms with Crippen LogP contribution in [0.5, 0.6) is 0 Å². The molecule has 0 radical (unpaired) electrons. The first-order valence-corrected chi connectivity index (χ1v) is 7.45. The van der Waals surface area contributed by atoms with Gasteiger partial charge < -0.3 is 15.4 Å². The topological polar surface area (TPSA) is 62.3 Å². The molecule has 3 rings (SSSR count). The summed E-state index contributed by atoms with van der Waals surface area (Å²) in [6.45, 7) is 2.10. The van der Waals surface area contributed by atoms with Crippen LogP contribution in [0.4, 0.5) is 5.69 Å². The first-order chi connectivity index (χ1) is 9.83. The number of anilines is 1. The molecular weight excluding hydrogens is 250 g/mol. The van der Waals surface area contributed by atoms with Crippen LogP contribution in [0.15, 0.2) is 18.2 Å². The predicted molar refractivity (Wildman–Crippen MR) is 78.4 cm³/mol. The first kappa shape index (κ1) is 13.4. The number of nitrogens with two attached hydrogens (primary N) is 1. The standard InChI is InChI=1S/C16H21N3O/c17-10-12-5-6-14(13(9-12)11-18)19-7-8-20-16-4-2-1-3-15(16)19/h5-6,9,15-16H,1-4,7-8,10,17H2. The van der Waals surface area contributed by atoms with E-state index >= 15 is 0 Å². The molecule has 2 unspecified atom stereocenters. The monoisotopic (exact) mass is 271 g/mol. The maximum atomic E-state index is 9.42. The Balaban J connectivity index is 1.93. The maximum absolute atomic E-state index is 9.42. The molecule has 1 heterocycles. The Morgan fingerprint density at radius 1 is 1.35 bits per heavy atom. The largest absolute Gasteiger partial charge is 0.374 e. The molecule has 0 amide bonds. The zero-order chi connectivity index (χ0) is 13.9. The van der Waals surface area contributed by atoms with E-state index in [2.05, 4.69) is 17.0 Å². The van der Waals surface area contributed by atoms with Crippen molar-refractivity contribution in [2.75, 3.05) is 18.1 Å². The Kier molecular flexibility index (Phi) is 3.90. The number of fused-ring (bicyclic) bond motifs is 1. The summed E-state index contributed by atoms with van der Waals surface area (Å²) in [6, 6.07) is 8.75. The highest BCUT2D eigenvalue weighted by Crippen LogP contribution is 2.33. The zero-order valence-electron chi connectivity index (χ0n) is 11.7. The van der Waals surface area contributed by atoms with E-state index < -0.39 is 0 Å². The lowest BCUT2D eigenvalue weighted by Gasteiger charge is -2.45. The molecule has 2 fully saturated rings. The number of hydrogen-bond donors (Lipinski definition) is 1. The second kappa shape index (κ2) is 5.82. The third kappa shape index (κ3) is 2.39. The van der Waals surface area contributed by atoms with Crippen LogP contribution in [0.25, 0.3) is 0 Å². The summed E-state index contributed by atoms with van der Waals surface area (Å²) in [5.41, 5.74) is 8.46. The number of rotatable bonds is 2. The number of hydrogen-bond acceptors (Lipinski definition) is 4. The van der Waals surface area contributed by atoms with Gasteiger partial charge in [0, 0.05) is 13.1 Å². The van der Waals surface area contributed by atoms with Crippen molar-refractivity contribution in [2.45, 2.75) is 44.4 Å². The van der Waals surface area contributed by atoms with Crippen molar-refractivity contribution in [1.82, 2.24) is 0 Å². The third-order valence-electron chi connectivity index (χ3n) is 4.46. The van der Waals surface area contributed by atoms with Gasteiger partial charge in [0.15, 0.2) is 0 Å². The first-order valence-electron chi connectivity index (χ1n) is 7.45. The van der Waals surface area contributed by atoms with Crippen LogP contribution >= 0.6 is 0 Å². The van der Waals surface area contributed by atoms with Crippen LogP contribution < -0.4 is 10.6 Å². The van der Waals surface area contributed by atoms with Crippen LogP contribution in [0.2, 0.25) is 0 Å². The van der Waals surface area contributed by atoms with E-state index in [-0.39, 0.29) is 0 Å². The molecule has 1 aromatic rings. The van der Waals surface area contributed by atoms with Crippen LogP contribution in [0.3, 0.4) is 0 Å². The van der Waals surface area contributed by atoms with Gasteiger partial charge in [0.25, 0.3) is 0 Å². The Labute approximate surface area is 120 Å². The second-order valence-electron chi connectivity index (χ2n) is 5.62. The van der Waals surface area contributed by atoms with Gasteiger partial charge in [-0.2, -0.15) is 5.26 Å². The summed E-state index contributed by atoms with van der Waals surface area (Å²) in [7, 11) is 0. The van der Waals surface area contributed by atoms with Crippen LogP contribution in [0, 0.1) is 11.3 Å². The fraction of sp³-hybridized carbons (Fsp3) is 0.562. The number of morpholine rings is 1. The van der Waals surface area contributed by atoms with Crippen molar-refractivity contribution in [2.24, 2.45) is 5.73 Å². The normalized spacial score (nSPS) is 25.9. The smallest absolute Gasteiger partial charge is 0.101 e. The average molecular weight is 271 g/mol. The maximum Gasteiger partial charge on any atom is 0.101 e. The minimum Gasteiger partial charge on any atom is -0.374 e. The van der Waals surface area contributed by atoms with E-state index in [1.807, 2.05) is 12.1 Å². The molecule has 1 aromatic carbocycles. The highest BCUT2D eigenvalue weighted by molar-refractivity contribution is 5.61. The minimum atomic E-state index is 0.332. The fourth-order valence-electron chi connectivity index (χ4n) is 3.45. The summed E-state index contributed by atoms with van der Waals surface area (Å²) in [5.74, 6) is 0. The van der Waals surface area contributed by atoms with Crippen LogP contribution in [0.1, 0.15) is 36.8 Å². The Morgan fingerprint density at radius 2 is 2.20 bits per heavy atom. The van der Waals surface area contributed by atoms with Crippen molar-refractivity contribution in [1.29, 1.82) is 5.26 Å². The molecular formula is C16H21N3O. The Hall–Kier alpha value is -1.57. The van der Waals surface area contributed by atoms with E-state index in [0.29, 0.717) is 18.7 Å². The van der Waals surface area contributed by atoms with Crippen LogP contribution in [-0.4, -0.2) is 25.3 Å². The van der Waals surface area contributed by atoms with E-state index in [4.69, 9.17) is 10.5 Å². The molecule has 20 heavy (non-hydrogen) atoms. The SMILES string of the molecule is N#Cc1cc(CN)ccc1N1CCOC2CCCCC21. The van der Waals surface area contributed by atoms with E-state index in [9.17, 15) is 5.26 Å². The van der Waals surface area contributed by atoms with Gasteiger partial charge in [0.2, 0.25) is 0 Å². The van der Waals surface area contributed by atoms with Crippen molar-refractivity contribution >= 4 is 5.69 Å². The van der Waals surface area contributed by atoms with Gasteiger partial charge in [0.05, 0.1) is 30.0 Å². The molecule has 1 aliphatic heterocycles. The van der Waals surface area contributed by atoms with Crippen molar-refractivity contribution < 1.29 is 4.74 Å². The molecule has 4 nitrogen and oxygen atoms in total. The van der Waals surface area contributed by atoms with Crippen molar-refractivity contribution in [3.05, 3.63) is 29.3 Å². The molecule has 2 aliphatic rings. The quantitative estimate of drug-likeness (QED) is 0.895. The molecule has 2 N–H and O–H groups in total. The van der Waals surface area contributed by atoms with E-state index in [0.717, 1.165) is 42.8 Å². The van der Waals surface area contributed by atoms with Crippen LogP contribution in [-0.2, 0) is 11.3 Å². The molecule has 1 aliphatic carbocycles. The predicted octanol–water partition coefficient (Wildman–Crippen LogP) is 2.16. The lowest BCUT2D eigenvalue weighted by molar-refractivity contribution is -0.00869. The van der Waals surface area contributed by atoms with Gasteiger partial charge in [-0.15, -0.1) is 0 Å². The molecule has 106 valence electrons. The number of benzene rings is 1. The molecule has 1 saturated heterocycles. The molecule has 0 bridgehead atoms. The summed E-state index contributed by atoms with van der Waals surface area (Å²) in [6.07, 6.45) is 5.15. The van der Waals surface area contributed by atoms with Gasteiger partial charge in [-0.05, 0) is 30.5 Å². The van der Waals surface area contributed by atoms with E-state index in [1.165, 1.54) is 12.8 Å². The molecule has 1 saturated carbocycles. The number of ether oxygens (including phenoxy) is 1. The zero-order valence-corrected chi connectivity index (χ0v) is 11.7. The van der Waals surface area contributed by atoms with Gasteiger partial charge in [-0.3, -0.25) is 0 Å². The number of nitrogens with zero attached hydrogens (tertiary/aromatic N) is 2. The van der Waals surface area contributed by atoms with E-state index in [1.54, 1.807) is 0 Å². The summed E-state index contributed by atoms with van der Waals surface area (Å²) in [5, 5.41) is 9.42. The van der Waals surface area contributed by atoms with Crippen molar-refractivity contribution in [3.63, 3.8) is 0 Å². The fourth-order valence-corrected chi connectivity index (χ4v) is 3.45. The number of nitriles is 1. The molecule has 4 heteroatoms. The minimum absolute atomic E-state index is 0.332. The summed E-state index contributed by atoms with van der Waals surface area (Å²) >= 11 is 0. The summed E-state index contributed by atoms with van der Waals surface area (Å²) in [4.78, 5) is 2.38. The van der Waals surface area contributed by atoms with Gasteiger partial charge in [0.1, 0.15) is 6.07 Å². The highest BCUT2D eigenvalue weighted by atomic mass is 16.5. The molecule has 2 atom stereocenters. The molecule has 0 spiro atoms. The lowest BCUT2D eigenvalue weighted by Crippen LogP contribution is -2.53. The third-order valence-corrected chi connectivity index (χ3v) is 4.46. The Morgan fingerprint density at radius 3 is 3.00 bits per heavy atom. The highest BCUT2D eigenvalue weighted by Gasteiger charge is 2.35. The van der Waals surface area contributed by atoms with Gasteiger partial charge >= 0.3 is 0 Å². The lowest BCUT2D eigenvalue weighted by atomic mass is 9.89. The van der Waals surface area contributed by atoms with Gasteiger partial charge in [-0.1, -0.05) is 18.9 Å². The molecule has 0 aromatic heterocycles. The van der Waals surface area contributed by atoms with Crippen molar-refractivity contribution in [3.8, 4) is 6.07 Å². The second-order valence-corrected chi connectivity index (χ2v) is 5.62. The average Bonchev–Trinajstić information content (AvgIpc) is 2.53. The summed E-state index contributed by atoms with van der Waals surface area (Å²) < 4.78 is 5.91. The van der Waals surface area contributed by atoms with Gasteiger partial charge in [-0.25, -0.2) is 0 Å².